The van der Waals surface area contributed by atoms with Gasteiger partial charge < -0.3 is 15.0 Å². The Morgan fingerprint density at radius 1 is 1.22 bits per heavy atom. The number of benzene rings is 2. The summed E-state index contributed by atoms with van der Waals surface area (Å²) in [7, 11) is 1.60. The Morgan fingerprint density at radius 3 is 2.87 bits per heavy atom. The number of hydrogen-bond acceptors (Lipinski definition) is 2. The summed E-state index contributed by atoms with van der Waals surface area (Å²) >= 11 is 6.26. The Balaban J connectivity index is 1.84. The molecule has 0 spiro atoms. The van der Waals surface area contributed by atoms with Gasteiger partial charge in [0.1, 0.15) is 11.6 Å². The standard InChI is InChI=1S/C18H16ClFN2O/c1-23-16-5-2-10(8-14(16)19)17-18-12(6-7-21-17)13-9-11(20)3-4-15(13)22-18/h2-5,8-9,17,21-22H,6-7H2,1H3. The van der Waals surface area contributed by atoms with Crippen LogP contribution < -0.4 is 10.1 Å². The van der Waals surface area contributed by atoms with Crippen molar-refractivity contribution in [2.45, 2.75) is 12.5 Å². The summed E-state index contributed by atoms with van der Waals surface area (Å²) in [5.41, 5.74) is 4.28. The van der Waals surface area contributed by atoms with E-state index in [9.17, 15) is 4.39 Å². The third-order valence-electron chi connectivity index (χ3n) is 4.42. The van der Waals surface area contributed by atoms with Crippen molar-refractivity contribution in [1.29, 1.82) is 0 Å². The van der Waals surface area contributed by atoms with E-state index in [0.717, 1.165) is 35.1 Å². The zero-order chi connectivity index (χ0) is 16.0. The van der Waals surface area contributed by atoms with Crippen LogP contribution in [0.3, 0.4) is 0 Å². The zero-order valence-electron chi connectivity index (χ0n) is 12.6. The average molecular weight is 331 g/mol. The maximum absolute atomic E-state index is 13.6. The van der Waals surface area contributed by atoms with Crippen LogP contribution in [0.5, 0.6) is 5.75 Å². The van der Waals surface area contributed by atoms with Crippen LogP contribution in [0.1, 0.15) is 22.9 Å². The number of nitrogens with one attached hydrogen (secondary N) is 2. The fourth-order valence-corrected chi connectivity index (χ4v) is 3.61. The van der Waals surface area contributed by atoms with Gasteiger partial charge >= 0.3 is 0 Å². The van der Waals surface area contributed by atoms with Crippen LogP contribution in [0.2, 0.25) is 5.02 Å². The predicted molar refractivity (Wildman–Crippen MR) is 89.8 cm³/mol. The minimum atomic E-state index is -0.207. The summed E-state index contributed by atoms with van der Waals surface area (Å²) in [6, 6.07) is 10.7. The van der Waals surface area contributed by atoms with Crippen molar-refractivity contribution in [3.63, 3.8) is 0 Å². The van der Waals surface area contributed by atoms with Crippen LogP contribution in [0.25, 0.3) is 10.9 Å². The van der Waals surface area contributed by atoms with Gasteiger partial charge in [0.25, 0.3) is 0 Å². The topological polar surface area (TPSA) is 37.0 Å². The first-order valence-corrected chi connectivity index (χ1v) is 7.92. The SMILES string of the molecule is COc1ccc(C2NCCc3c2[nH]c2ccc(F)cc32)cc1Cl. The van der Waals surface area contributed by atoms with E-state index >= 15 is 0 Å². The highest BCUT2D eigenvalue weighted by molar-refractivity contribution is 6.32. The molecule has 1 unspecified atom stereocenters. The molecule has 0 amide bonds. The zero-order valence-corrected chi connectivity index (χ0v) is 13.4. The van der Waals surface area contributed by atoms with E-state index < -0.39 is 0 Å². The maximum Gasteiger partial charge on any atom is 0.137 e. The molecule has 3 aromatic rings. The lowest BCUT2D eigenvalue weighted by Gasteiger charge is -2.25. The molecule has 0 fully saturated rings. The van der Waals surface area contributed by atoms with E-state index in [0.29, 0.717) is 10.8 Å². The molecule has 0 bridgehead atoms. The van der Waals surface area contributed by atoms with Crippen molar-refractivity contribution in [2.75, 3.05) is 13.7 Å². The molecular weight excluding hydrogens is 315 g/mol. The summed E-state index contributed by atoms with van der Waals surface area (Å²) in [5, 5.41) is 5.06. The van der Waals surface area contributed by atoms with Crippen LogP contribution >= 0.6 is 11.6 Å². The molecule has 2 heterocycles. The number of ether oxygens (including phenoxy) is 1. The molecule has 1 aliphatic heterocycles. The van der Waals surface area contributed by atoms with Gasteiger partial charge in [-0.3, -0.25) is 0 Å². The predicted octanol–water partition coefficient (Wildman–Crippen LogP) is 4.20. The van der Waals surface area contributed by atoms with Crippen LogP contribution in [0.4, 0.5) is 4.39 Å². The Hall–Kier alpha value is -2.04. The average Bonchev–Trinajstić information content (AvgIpc) is 2.92. The van der Waals surface area contributed by atoms with Crippen molar-refractivity contribution in [3.8, 4) is 5.75 Å². The van der Waals surface area contributed by atoms with Crippen molar-refractivity contribution in [3.05, 3.63) is 64.1 Å². The number of aromatic nitrogens is 1. The van der Waals surface area contributed by atoms with Crippen LogP contribution in [-0.4, -0.2) is 18.6 Å². The summed E-state index contributed by atoms with van der Waals surface area (Å²) < 4.78 is 18.8. The summed E-state index contributed by atoms with van der Waals surface area (Å²) in [4.78, 5) is 3.44. The Morgan fingerprint density at radius 2 is 2.09 bits per heavy atom. The minimum Gasteiger partial charge on any atom is -0.495 e. The van der Waals surface area contributed by atoms with Crippen LogP contribution in [0.15, 0.2) is 36.4 Å². The highest BCUT2D eigenvalue weighted by Gasteiger charge is 2.25. The molecule has 2 aromatic carbocycles. The molecule has 5 heteroatoms. The third-order valence-corrected chi connectivity index (χ3v) is 4.72. The van der Waals surface area contributed by atoms with E-state index in [4.69, 9.17) is 16.3 Å². The second-order valence-electron chi connectivity index (χ2n) is 5.74. The van der Waals surface area contributed by atoms with E-state index in [2.05, 4.69) is 10.3 Å². The molecule has 3 nitrogen and oxygen atoms in total. The number of aromatic amines is 1. The number of rotatable bonds is 2. The van der Waals surface area contributed by atoms with E-state index in [-0.39, 0.29) is 11.9 Å². The molecule has 0 saturated carbocycles. The highest BCUT2D eigenvalue weighted by atomic mass is 35.5. The Kier molecular flexibility index (Phi) is 3.51. The smallest absolute Gasteiger partial charge is 0.137 e. The Bertz CT molecular complexity index is 890. The van der Waals surface area contributed by atoms with Gasteiger partial charge in [-0.05, 0) is 47.9 Å². The fourth-order valence-electron chi connectivity index (χ4n) is 3.35. The molecule has 0 aliphatic carbocycles. The molecule has 1 atom stereocenters. The van der Waals surface area contributed by atoms with E-state index in [1.807, 2.05) is 18.2 Å². The second kappa shape index (κ2) is 5.55. The molecule has 23 heavy (non-hydrogen) atoms. The molecule has 118 valence electrons. The third kappa shape index (κ3) is 2.38. The molecule has 0 saturated heterocycles. The summed E-state index contributed by atoms with van der Waals surface area (Å²) in [6.07, 6.45) is 0.874. The lowest BCUT2D eigenvalue weighted by atomic mass is 9.94. The van der Waals surface area contributed by atoms with Gasteiger partial charge in [-0.1, -0.05) is 17.7 Å². The number of halogens is 2. The molecule has 0 radical (unpaired) electrons. The van der Waals surface area contributed by atoms with Gasteiger partial charge in [0.05, 0.1) is 18.2 Å². The molecule has 1 aliphatic rings. The van der Waals surface area contributed by atoms with Crippen LogP contribution in [-0.2, 0) is 6.42 Å². The number of H-pyrrole nitrogens is 1. The monoisotopic (exact) mass is 330 g/mol. The number of hydrogen-bond donors (Lipinski definition) is 2. The Labute approximate surface area is 138 Å². The van der Waals surface area contributed by atoms with Gasteiger partial charge in [-0.15, -0.1) is 0 Å². The summed E-state index contributed by atoms with van der Waals surface area (Å²) in [5.74, 6) is 0.451. The van der Waals surface area contributed by atoms with Crippen molar-refractivity contribution < 1.29 is 9.13 Å². The minimum absolute atomic E-state index is 0.0117. The van der Waals surface area contributed by atoms with Gasteiger partial charge in [0.15, 0.2) is 0 Å². The second-order valence-corrected chi connectivity index (χ2v) is 6.15. The van der Waals surface area contributed by atoms with Gasteiger partial charge in [0, 0.05) is 23.1 Å². The van der Waals surface area contributed by atoms with Crippen molar-refractivity contribution >= 4 is 22.5 Å². The van der Waals surface area contributed by atoms with Crippen LogP contribution in [0, 0.1) is 5.82 Å². The van der Waals surface area contributed by atoms with E-state index in [1.165, 1.54) is 11.6 Å². The quantitative estimate of drug-likeness (QED) is 0.738. The molecule has 1 aromatic heterocycles. The molecule has 4 rings (SSSR count). The van der Waals surface area contributed by atoms with Crippen molar-refractivity contribution in [1.82, 2.24) is 10.3 Å². The van der Waals surface area contributed by atoms with Crippen molar-refractivity contribution in [2.24, 2.45) is 0 Å². The van der Waals surface area contributed by atoms with Gasteiger partial charge in [-0.25, -0.2) is 4.39 Å². The van der Waals surface area contributed by atoms with Gasteiger partial charge in [-0.2, -0.15) is 0 Å². The maximum atomic E-state index is 13.6. The first-order chi connectivity index (χ1) is 11.2. The first-order valence-electron chi connectivity index (χ1n) is 7.54. The molecule has 2 N–H and O–H groups in total. The first kappa shape index (κ1) is 14.5. The largest absolute Gasteiger partial charge is 0.495 e. The normalized spacial score (nSPS) is 17.3. The molecular formula is C18H16ClFN2O. The lowest BCUT2D eigenvalue weighted by Crippen LogP contribution is -2.30. The van der Waals surface area contributed by atoms with Gasteiger partial charge in [0.2, 0.25) is 0 Å². The fraction of sp³-hybridized carbons (Fsp3) is 0.222. The summed E-state index contributed by atoms with van der Waals surface area (Å²) in [6.45, 7) is 0.838. The van der Waals surface area contributed by atoms with E-state index in [1.54, 1.807) is 19.2 Å². The highest BCUT2D eigenvalue weighted by Crippen LogP contribution is 2.36. The number of methoxy groups -OCH3 is 1. The lowest BCUT2D eigenvalue weighted by molar-refractivity contribution is 0.414. The number of fused-ring (bicyclic) bond motifs is 3.